The molecule has 2 aromatic heterocycles. The number of hydrogen-bond acceptors (Lipinski definition) is 7. The van der Waals surface area contributed by atoms with E-state index in [-0.39, 0.29) is 29.3 Å². The van der Waals surface area contributed by atoms with E-state index in [1.165, 1.54) is 36.8 Å². The number of β-amino-alcohol motifs (C(OH)–C–C–N with tert-alkyl or cyclic N) is 1. The summed E-state index contributed by atoms with van der Waals surface area (Å²) >= 11 is 0. The number of sulfonamides is 1. The average molecular weight is 382 g/mol. The fourth-order valence-corrected chi connectivity index (χ4v) is 4.29. The van der Waals surface area contributed by atoms with Crippen molar-refractivity contribution in [3.63, 3.8) is 0 Å². The molecule has 2 N–H and O–H groups in total. The Morgan fingerprint density at radius 1 is 1.35 bits per heavy atom. The zero-order valence-electron chi connectivity index (χ0n) is 14.6. The number of pyridine rings is 1. The van der Waals surface area contributed by atoms with Gasteiger partial charge in [0.2, 0.25) is 10.0 Å². The van der Waals surface area contributed by atoms with Crippen molar-refractivity contribution in [1.29, 1.82) is 0 Å². The first-order valence-electron chi connectivity index (χ1n) is 8.18. The Morgan fingerprint density at radius 3 is 2.77 bits per heavy atom. The SMILES string of the molecule is CN(C)S(=O)(=O)C[C@@H]1CN(Cc2cc(=O)n3cccc(O)c3n2)C[C@@H]1O. The van der Waals surface area contributed by atoms with E-state index in [1.54, 1.807) is 6.07 Å². The topological polar surface area (TPSA) is 115 Å². The largest absolute Gasteiger partial charge is 0.504 e. The molecule has 3 rings (SSSR count). The molecule has 0 saturated carbocycles. The van der Waals surface area contributed by atoms with Gasteiger partial charge in [0.15, 0.2) is 11.4 Å². The Balaban J connectivity index is 1.77. The number of aliphatic hydroxyl groups excluding tert-OH is 1. The van der Waals surface area contributed by atoms with Gasteiger partial charge in [0, 0.05) is 51.9 Å². The van der Waals surface area contributed by atoms with Gasteiger partial charge in [-0.3, -0.25) is 14.1 Å². The van der Waals surface area contributed by atoms with Crippen molar-refractivity contribution in [1.82, 2.24) is 18.6 Å². The number of likely N-dealkylation sites (tertiary alicyclic amines) is 1. The predicted octanol–water partition coefficient (Wildman–Crippen LogP) is -0.916. The first-order chi connectivity index (χ1) is 12.2. The quantitative estimate of drug-likeness (QED) is 0.687. The predicted molar refractivity (Wildman–Crippen MR) is 95.4 cm³/mol. The van der Waals surface area contributed by atoms with E-state index in [4.69, 9.17) is 0 Å². The highest BCUT2D eigenvalue weighted by Crippen LogP contribution is 2.22. The zero-order chi connectivity index (χ0) is 19.1. The van der Waals surface area contributed by atoms with Crippen molar-refractivity contribution in [3.05, 3.63) is 40.4 Å². The lowest BCUT2D eigenvalue weighted by Crippen LogP contribution is -2.33. The molecule has 2 aromatic rings. The lowest BCUT2D eigenvalue weighted by Gasteiger charge is -2.18. The minimum atomic E-state index is -3.41. The molecule has 0 aliphatic carbocycles. The van der Waals surface area contributed by atoms with Crippen molar-refractivity contribution >= 4 is 15.7 Å². The minimum absolute atomic E-state index is 0.0946. The van der Waals surface area contributed by atoms with Gasteiger partial charge < -0.3 is 10.2 Å². The van der Waals surface area contributed by atoms with Crippen LogP contribution in [0.5, 0.6) is 5.75 Å². The molecule has 10 heteroatoms. The molecule has 0 bridgehead atoms. The molecule has 1 fully saturated rings. The standard InChI is InChI=1S/C16H22N4O5S/c1-18(2)26(24,25)10-11-7-19(9-14(11)22)8-12-6-15(23)20-5-3-4-13(21)16(20)17-12/h3-6,11,14,21-22H,7-10H2,1-2H3/t11-,14-/m0/s1. The van der Waals surface area contributed by atoms with E-state index in [0.29, 0.717) is 18.8 Å². The first-order valence-corrected chi connectivity index (χ1v) is 9.79. The third kappa shape index (κ3) is 3.73. The summed E-state index contributed by atoms with van der Waals surface area (Å²) in [6.45, 7) is 0.973. The van der Waals surface area contributed by atoms with Gasteiger partial charge in [-0.25, -0.2) is 17.7 Å². The summed E-state index contributed by atoms with van der Waals surface area (Å²) in [6.07, 6.45) is 0.760. The smallest absolute Gasteiger partial charge is 0.258 e. The third-order valence-electron chi connectivity index (χ3n) is 4.57. The highest BCUT2D eigenvalue weighted by molar-refractivity contribution is 7.89. The number of hydrogen-bond donors (Lipinski definition) is 2. The fourth-order valence-electron chi connectivity index (χ4n) is 3.12. The maximum absolute atomic E-state index is 12.2. The van der Waals surface area contributed by atoms with Gasteiger partial charge >= 0.3 is 0 Å². The first kappa shape index (κ1) is 18.8. The van der Waals surface area contributed by atoms with Gasteiger partial charge in [-0.15, -0.1) is 0 Å². The van der Waals surface area contributed by atoms with Crippen LogP contribution in [0.15, 0.2) is 29.2 Å². The van der Waals surface area contributed by atoms with E-state index < -0.39 is 22.0 Å². The van der Waals surface area contributed by atoms with E-state index in [1.807, 2.05) is 4.90 Å². The normalized spacial score (nSPS) is 21.7. The van der Waals surface area contributed by atoms with Gasteiger partial charge in [-0.2, -0.15) is 0 Å². The molecule has 2 atom stereocenters. The van der Waals surface area contributed by atoms with Crippen LogP contribution < -0.4 is 5.56 Å². The summed E-state index contributed by atoms with van der Waals surface area (Å²) in [5.74, 6) is -0.632. The van der Waals surface area contributed by atoms with Gasteiger partial charge in [0.05, 0.1) is 17.6 Å². The summed E-state index contributed by atoms with van der Waals surface area (Å²) in [6, 6.07) is 4.38. The summed E-state index contributed by atoms with van der Waals surface area (Å²) in [7, 11) is -0.476. The zero-order valence-corrected chi connectivity index (χ0v) is 15.4. The second-order valence-corrected chi connectivity index (χ2v) is 8.98. The van der Waals surface area contributed by atoms with Gasteiger partial charge in [-0.1, -0.05) is 0 Å². The average Bonchev–Trinajstić information content (AvgIpc) is 2.87. The van der Waals surface area contributed by atoms with Gasteiger partial charge in [0.1, 0.15) is 0 Å². The van der Waals surface area contributed by atoms with Crippen molar-refractivity contribution < 1.29 is 18.6 Å². The summed E-state index contributed by atoms with van der Waals surface area (Å²) in [4.78, 5) is 18.4. The molecule has 0 unspecified atom stereocenters. The molecule has 142 valence electrons. The molecule has 1 aliphatic rings. The maximum Gasteiger partial charge on any atom is 0.258 e. The molecule has 3 heterocycles. The Labute approximate surface area is 151 Å². The second kappa shape index (κ2) is 6.95. The molecule has 0 amide bonds. The molecule has 0 aromatic carbocycles. The fraction of sp³-hybridized carbons (Fsp3) is 0.500. The lowest BCUT2D eigenvalue weighted by atomic mass is 10.1. The van der Waals surface area contributed by atoms with Crippen LogP contribution >= 0.6 is 0 Å². The Bertz CT molecular complexity index is 972. The lowest BCUT2D eigenvalue weighted by molar-refractivity contribution is 0.148. The number of nitrogens with zero attached hydrogens (tertiary/aromatic N) is 4. The van der Waals surface area contributed by atoms with Crippen LogP contribution in [0, 0.1) is 5.92 Å². The summed E-state index contributed by atoms with van der Waals surface area (Å²) in [5.41, 5.74) is 0.314. The number of fused-ring (bicyclic) bond motifs is 1. The van der Waals surface area contributed by atoms with Crippen LogP contribution in [0.4, 0.5) is 0 Å². The van der Waals surface area contributed by atoms with Crippen molar-refractivity contribution in [2.24, 2.45) is 5.92 Å². The van der Waals surface area contributed by atoms with E-state index >= 15 is 0 Å². The Kier molecular flexibility index (Phi) is 5.02. The number of aromatic hydroxyl groups is 1. The monoisotopic (exact) mass is 382 g/mol. The van der Waals surface area contributed by atoms with Crippen LogP contribution in [0.1, 0.15) is 5.69 Å². The van der Waals surface area contributed by atoms with Crippen molar-refractivity contribution in [3.8, 4) is 5.75 Å². The van der Waals surface area contributed by atoms with Crippen molar-refractivity contribution in [2.75, 3.05) is 32.9 Å². The molecule has 1 aliphatic heterocycles. The molecule has 9 nitrogen and oxygen atoms in total. The maximum atomic E-state index is 12.2. The van der Waals surface area contributed by atoms with Crippen LogP contribution in [0.2, 0.25) is 0 Å². The molecular formula is C16H22N4O5S. The van der Waals surface area contributed by atoms with Crippen molar-refractivity contribution in [2.45, 2.75) is 12.6 Å². The van der Waals surface area contributed by atoms with Crippen LogP contribution in [0.25, 0.3) is 5.65 Å². The van der Waals surface area contributed by atoms with Gasteiger partial charge in [0.25, 0.3) is 5.56 Å². The third-order valence-corrected chi connectivity index (χ3v) is 6.53. The van der Waals surface area contributed by atoms with Gasteiger partial charge in [-0.05, 0) is 12.1 Å². The minimum Gasteiger partial charge on any atom is -0.504 e. The molecule has 26 heavy (non-hydrogen) atoms. The second-order valence-electron chi connectivity index (χ2n) is 6.76. The number of rotatable bonds is 5. The van der Waals surface area contributed by atoms with Crippen LogP contribution in [-0.2, 0) is 16.6 Å². The van der Waals surface area contributed by atoms with E-state index in [0.717, 1.165) is 4.31 Å². The summed E-state index contributed by atoms with van der Waals surface area (Å²) < 4.78 is 26.5. The molecular weight excluding hydrogens is 360 g/mol. The molecule has 0 radical (unpaired) electrons. The number of aliphatic hydroxyl groups is 1. The Hall–Kier alpha value is -2.01. The van der Waals surface area contributed by atoms with Crippen LogP contribution in [-0.4, -0.2) is 76.3 Å². The summed E-state index contributed by atoms with van der Waals surface area (Å²) in [5, 5.41) is 20.1. The van der Waals surface area contributed by atoms with E-state index in [2.05, 4.69) is 4.98 Å². The highest BCUT2D eigenvalue weighted by atomic mass is 32.2. The molecule has 1 saturated heterocycles. The Morgan fingerprint density at radius 2 is 2.08 bits per heavy atom. The number of aromatic nitrogens is 2. The molecule has 0 spiro atoms. The highest BCUT2D eigenvalue weighted by Gasteiger charge is 2.35. The van der Waals surface area contributed by atoms with Crippen LogP contribution in [0.3, 0.4) is 0 Å². The van der Waals surface area contributed by atoms with E-state index in [9.17, 15) is 23.4 Å².